The third-order valence-corrected chi connectivity index (χ3v) is 4.72. The zero-order valence-corrected chi connectivity index (χ0v) is 9.88. The van der Waals surface area contributed by atoms with E-state index in [1.54, 1.807) is 0 Å². The van der Waals surface area contributed by atoms with Gasteiger partial charge < -0.3 is 0 Å². The van der Waals surface area contributed by atoms with Crippen molar-refractivity contribution < 1.29 is 14.0 Å². The van der Waals surface area contributed by atoms with E-state index < -0.39 is 8.25 Å². The summed E-state index contributed by atoms with van der Waals surface area (Å²) in [4.78, 5) is 8.87. The fraction of sp³-hybridized carbons (Fsp3) is 1.00. The number of fused-ring (bicyclic) bond motifs is 2. The molecule has 0 aliphatic heterocycles. The predicted molar refractivity (Wildman–Crippen MR) is 53.9 cm³/mol. The van der Waals surface area contributed by atoms with Gasteiger partial charge in [0.25, 0.3) is 0 Å². The van der Waals surface area contributed by atoms with E-state index in [-0.39, 0.29) is 16.9 Å². The van der Waals surface area contributed by atoms with E-state index in [1.807, 2.05) is 0 Å². The summed E-state index contributed by atoms with van der Waals surface area (Å²) in [6.07, 6.45) is 3.47. The third kappa shape index (κ3) is 1.34. The van der Waals surface area contributed by atoms with Gasteiger partial charge in [0.1, 0.15) is 6.10 Å². The van der Waals surface area contributed by atoms with Crippen molar-refractivity contribution in [3.63, 3.8) is 0 Å². The molecule has 0 aromatic carbocycles. The van der Waals surface area contributed by atoms with E-state index >= 15 is 0 Å². The van der Waals surface area contributed by atoms with Crippen LogP contribution in [0.4, 0.5) is 0 Å². The van der Waals surface area contributed by atoms with Crippen LogP contribution < -0.4 is 0 Å². The molecule has 1 unspecified atom stereocenters. The molecule has 2 aliphatic rings. The number of hydrogen-bond acceptors (Lipinski definition) is 2. The molecule has 1 N–H and O–H groups in total. The van der Waals surface area contributed by atoms with Gasteiger partial charge in [-0.1, -0.05) is 20.8 Å². The van der Waals surface area contributed by atoms with Crippen molar-refractivity contribution in [1.29, 1.82) is 0 Å². The lowest BCUT2D eigenvalue weighted by Gasteiger charge is -2.38. The summed E-state index contributed by atoms with van der Waals surface area (Å²) in [6, 6.07) is 0. The molecule has 0 radical (unpaired) electrons. The highest BCUT2D eigenvalue weighted by Gasteiger charge is 2.62. The predicted octanol–water partition coefficient (Wildman–Crippen LogP) is 2.87. The first-order valence-corrected chi connectivity index (χ1v) is 6.32. The Morgan fingerprint density at radius 1 is 1.43 bits per heavy atom. The van der Waals surface area contributed by atoms with E-state index in [0.717, 1.165) is 12.8 Å². The molecule has 0 amide bonds. The van der Waals surface area contributed by atoms with Crippen LogP contribution in [-0.2, 0) is 9.09 Å². The van der Waals surface area contributed by atoms with E-state index in [0.29, 0.717) is 5.92 Å². The molecule has 2 rings (SSSR count). The smallest absolute Gasteiger partial charge is 0.133 e. The minimum atomic E-state index is -2.46. The molecule has 2 bridgehead atoms. The van der Waals surface area contributed by atoms with Crippen LogP contribution in [0.5, 0.6) is 0 Å². The molecule has 14 heavy (non-hydrogen) atoms. The topological polar surface area (TPSA) is 46.5 Å². The van der Waals surface area contributed by atoms with Crippen molar-refractivity contribution in [2.24, 2.45) is 16.7 Å². The van der Waals surface area contributed by atoms with Crippen LogP contribution in [0.3, 0.4) is 0 Å². The Kier molecular flexibility index (Phi) is 2.26. The van der Waals surface area contributed by atoms with Crippen molar-refractivity contribution in [2.75, 3.05) is 0 Å². The second-order valence-electron chi connectivity index (χ2n) is 5.64. The van der Waals surface area contributed by atoms with Crippen LogP contribution in [0.15, 0.2) is 0 Å². The highest BCUT2D eigenvalue weighted by Crippen LogP contribution is 2.64. The highest BCUT2D eigenvalue weighted by molar-refractivity contribution is 7.32. The molecular weight excluding hydrogens is 199 g/mol. The maximum Gasteiger partial charge on any atom is 0.695 e. The molecule has 4 heteroatoms. The molecule has 2 aliphatic carbocycles. The Balaban J connectivity index is 2.25. The zero-order chi connectivity index (χ0) is 10.6. The number of rotatable bonds is 2. The van der Waals surface area contributed by atoms with Crippen molar-refractivity contribution in [3.8, 4) is 0 Å². The van der Waals surface area contributed by atoms with Gasteiger partial charge in [-0.2, -0.15) is 0 Å². The van der Waals surface area contributed by atoms with Crippen LogP contribution in [0, 0.1) is 16.7 Å². The lowest BCUT2D eigenvalue weighted by molar-refractivity contribution is -0.0157. The van der Waals surface area contributed by atoms with Gasteiger partial charge in [0.15, 0.2) is 0 Å². The van der Waals surface area contributed by atoms with Crippen LogP contribution in [0.25, 0.3) is 0 Å². The fourth-order valence-corrected chi connectivity index (χ4v) is 4.32. The zero-order valence-electron chi connectivity index (χ0n) is 8.99. The maximum atomic E-state index is 10.8. The van der Waals surface area contributed by atoms with Crippen molar-refractivity contribution in [2.45, 2.75) is 46.1 Å². The SMILES string of the molecule is CC1(C)[C@H]2CC[C@](C)(C2)[C@H]1O[P+](=O)O. The minimum Gasteiger partial charge on any atom is -0.133 e. The monoisotopic (exact) mass is 217 g/mol. The molecule has 80 valence electrons. The maximum absolute atomic E-state index is 10.8. The average molecular weight is 217 g/mol. The first-order chi connectivity index (χ1) is 6.36. The molecular formula is C10H18O3P+. The van der Waals surface area contributed by atoms with Crippen LogP contribution >= 0.6 is 8.25 Å². The van der Waals surface area contributed by atoms with Gasteiger partial charge in [-0.3, -0.25) is 0 Å². The molecule has 0 aromatic heterocycles. The van der Waals surface area contributed by atoms with Gasteiger partial charge in [-0.05, 0) is 36.0 Å². The quantitative estimate of drug-likeness (QED) is 0.723. The van der Waals surface area contributed by atoms with E-state index in [4.69, 9.17) is 9.42 Å². The Morgan fingerprint density at radius 3 is 2.50 bits per heavy atom. The normalized spacial score (nSPS) is 45.6. The van der Waals surface area contributed by atoms with Gasteiger partial charge in [0.2, 0.25) is 0 Å². The van der Waals surface area contributed by atoms with Crippen LogP contribution in [0.1, 0.15) is 40.0 Å². The second kappa shape index (κ2) is 3.01. The first-order valence-electron chi connectivity index (χ1n) is 5.19. The molecule has 0 heterocycles. The van der Waals surface area contributed by atoms with Gasteiger partial charge >= 0.3 is 8.25 Å². The van der Waals surface area contributed by atoms with Gasteiger partial charge in [-0.25, -0.2) is 0 Å². The summed E-state index contributed by atoms with van der Waals surface area (Å²) in [5, 5.41) is 0. The summed E-state index contributed by atoms with van der Waals surface area (Å²) in [5.41, 5.74) is 0.183. The molecule has 0 spiro atoms. The Hall–Kier alpha value is 0.0200. The molecule has 0 aromatic rings. The summed E-state index contributed by atoms with van der Waals surface area (Å²) in [7, 11) is -2.46. The Bertz CT molecular complexity index is 272. The number of hydrogen-bond donors (Lipinski definition) is 1. The Morgan fingerprint density at radius 2 is 2.07 bits per heavy atom. The van der Waals surface area contributed by atoms with Gasteiger partial charge in [-0.15, -0.1) is 9.42 Å². The lowest BCUT2D eigenvalue weighted by Crippen LogP contribution is -2.41. The van der Waals surface area contributed by atoms with Crippen molar-refractivity contribution >= 4 is 8.25 Å². The first kappa shape index (κ1) is 10.5. The van der Waals surface area contributed by atoms with E-state index in [2.05, 4.69) is 20.8 Å². The van der Waals surface area contributed by atoms with Crippen LogP contribution in [0.2, 0.25) is 0 Å². The summed E-state index contributed by atoms with van der Waals surface area (Å²) in [6.45, 7) is 6.50. The highest BCUT2D eigenvalue weighted by atomic mass is 31.1. The second-order valence-corrected chi connectivity index (χ2v) is 6.32. The average Bonchev–Trinajstić information content (AvgIpc) is 2.49. The van der Waals surface area contributed by atoms with Crippen molar-refractivity contribution in [3.05, 3.63) is 0 Å². The van der Waals surface area contributed by atoms with Crippen molar-refractivity contribution in [1.82, 2.24) is 0 Å². The third-order valence-electron chi connectivity index (χ3n) is 4.33. The van der Waals surface area contributed by atoms with Crippen LogP contribution in [-0.4, -0.2) is 11.0 Å². The largest absolute Gasteiger partial charge is 0.695 e. The summed E-state index contributed by atoms with van der Waals surface area (Å²) >= 11 is 0. The molecule has 4 atom stereocenters. The van der Waals surface area contributed by atoms with E-state index in [9.17, 15) is 4.57 Å². The molecule has 2 saturated carbocycles. The van der Waals surface area contributed by atoms with E-state index in [1.165, 1.54) is 6.42 Å². The lowest BCUT2D eigenvalue weighted by atomic mass is 9.70. The molecule has 0 saturated heterocycles. The fourth-order valence-electron chi connectivity index (χ4n) is 3.61. The van der Waals surface area contributed by atoms with Gasteiger partial charge in [0.05, 0.1) is 0 Å². The summed E-state index contributed by atoms with van der Waals surface area (Å²) < 4.78 is 16.0. The standard InChI is InChI=1S/C10H17O3P/c1-9(2)7-4-5-10(3,6-7)8(9)13-14(11)12/h7-8H,4-6H2,1-3H3/p+1/t7-,8-,10+/m0/s1. The Labute approximate surface area is 85.8 Å². The minimum absolute atomic E-state index is 0.0534. The molecule has 3 nitrogen and oxygen atoms in total. The van der Waals surface area contributed by atoms with Gasteiger partial charge in [0, 0.05) is 4.57 Å². The summed E-state index contributed by atoms with van der Waals surface area (Å²) in [5.74, 6) is 0.660. The molecule has 2 fully saturated rings.